The zero-order valence-corrected chi connectivity index (χ0v) is 7.57. The molecule has 0 spiro atoms. The molecule has 0 saturated heterocycles. The van der Waals surface area contributed by atoms with Crippen LogP contribution >= 0.6 is 0 Å². The lowest BCUT2D eigenvalue weighted by Crippen LogP contribution is -2.10. The van der Waals surface area contributed by atoms with Gasteiger partial charge in [-0.2, -0.15) is 0 Å². The van der Waals surface area contributed by atoms with Crippen molar-refractivity contribution in [3.05, 3.63) is 23.4 Å². The van der Waals surface area contributed by atoms with Crippen LogP contribution in [0.1, 0.15) is 11.1 Å². The van der Waals surface area contributed by atoms with Gasteiger partial charge in [0, 0.05) is 11.8 Å². The first-order chi connectivity index (χ1) is 6.09. The molecule has 0 unspecified atom stereocenters. The Balaban J connectivity index is 2.72. The lowest BCUT2D eigenvalue weighted by atomic mass is 10.2. The molecular weight excluding hydrogens is 170 g/mol. The van der Waals surface area contributed by atoms with Crippen LogP contribution in [0, 0.1) is 13.8 Å². The average Bonchev–Trinajstić information content (AvgIpc) is 2.02. The summed E-state index contributed by atoms with van der Waals surface area (Å²) in [6, 6.07) is 1.89. The lowest BCUT2D eigenvalue weighted by molar-refractivity contribution is -0.139. The third-order valence-corrected chi connectivity index (χ3v) is 1.50. The summed E-state index contributed by atoms with van der Waals surface area (Å²) in [7, 11) is 0. The molecule has 70 valence electrons. The fourth-order valence-electron chi connectivity index (χ4n) is 0.984. The molecule has 0 aliphatic heterocycles. The number of hydrogen-bond acceptors (Lipinski definition) is 3. The monoisotopic (exact) mass is 181 g/mol. The van der Waals surface area contributed by atoms with E-state index in [-0.39, 0.29) is 6.61 Å². The van der Waals surface area contributed by atoms with Crippen molar-refractivity contribution in [2.24, 2.45) is 0 Å². The highest BCUT2D eigenvalue weighted by atomic mass is 16.5. The molecule has 13 heavy (non-hydrogen) atoms. The fraction of sp³-hybridized carbons (Fsp3) is 0.333. The Morgan fingerprint density at radius 3 is 2.85 bits per heavy atom. The van der Waals surface area contributed by atoms with Crippen LogP contribution in [0.25, 0.3) is 0 Å². The Hall–Kier alpha value is -1.58. The van der Waals surface area contributed by atoms with Crippen LogP contribution in [0.5, 0.6) is 5.88 Å². The highest BCUT2D eigenvalue weighted by molar-refractivity contribution is 5.68. The third-order valence-electron chi connectivity index (χ3n) is 1.50. The number of carboxylic acids is 1. The molecule has 0 radical (unpaired) electrons. The standard InChI is InChI=1S/C9H11NO3/c1-6-3-7(2)9(10-4-6)13-5-8(11)12/h3-4H,5H2,1-2H3,(H,11,12). The van der Waals surface area contributed by atoms with Gasteiger partial charge in [-0.3, -0.25) is 0 Å². The van der Waals surface area contributed by atoms with Gasteiger partial charge in [0.25, 0.3) is 0 Å². The molecule has 0 fully saturated rings. The summed E-state index contributed by atoms with van der Waals surface area (Å²) in [4.78, 5) is 14.2. The van der Waals surface area contributed by atoms with Crippen molar-refractivity contribution in [2.75, 3.05) is 6.61 Å². The van der Waals surface area contributed by atoms with E-state index < -0.39 is 5.97 Å². The smallest absolute Gasteiger partial charge is 0.341 e. The van der Waals surface area contributed by atoms with Crippen LogP contribution in [0.3, 0.4) is 0 Å². The van der Waals surface area contributed by atoms with E-state index in [1.165, 1.54) is 0 Å². The van der Waals surface area contributed by atoms with E-state index in [4.69, 9.17) is 9.84 Å². The molecule has 1 aromatic heterocycles. The Bertz CT molecular complexity index is 323. The zero-order valence-electron chi connectivity index (χ0n) is 7.57. The molecule has 0 aliphatic rings. The van der Waals surface area contributed by atoms with Crippen LogP contribution < -0.4 is 4.74 Å². The van der Waals surface area contributed by atoms with E-state index in [0.29, 0.717) is 5.88 Å². The predicted molar refractivity (Wildman–Crippen MR) is 46.8 cm³/mol. The van der Waals surface area contributed by atoms with Gasteiger partial charge in [0.05, 0.1) is 0 Å². The Kier molecular flexibility index (Phi) is 2.84. The molecule has 0 aliphatic carbocycles. The molecule has 0 atom stereocenters. The molecular formula is C9H11NO3. The van der Waals surface area contributed by atoms with Gasteiger partial charge in [-0.1, -0.05) is 0 Å². The van der Waals surface area contributed by atoms with Gasteiger partial charge in [0.2, 0.25) is 5.88 Å². The SMILES string of the molecule is Cc1cnc(OCC(=O)O)c(C)c1. The number of carboxylic acid groups (broad SMARTS) is 1. The summed E-state index contributed by atoms with van der Waals surface area (Å²) < 4.78 is 4.94. The summed E-state index contributed by atoms with van der Waals surface area (Å²) in [5, 5.41) is 8.37. The molecule has 1 heterocycles. The van der Waals surface area contributed by atoms with Crippen molar-refractivity contribution in [3.8, 4) is 5.88 Å². The number of hydrogen-bond donors (Lipinski definition) is 1. The van der Waals surface area contributed by atoms with Crippen LogP contribution in [0.2, 0.25) is 0 Å². The predicted octanol–water partition coefficient (Wildman–Crippen LogP) is 1.16. The molecule has 0 bridgehead atoms. The van der Waals surface area contributed by atoms with E-state index >= 15 is 0 Å². The van der Waals surface area contributed by atoms with Gasteiger partial charge in [-0.25, -0.2) is 9.78 Å². The highest BCUT2D eigenvalue weighted by Gasteiger charge is 2.03. The van der Waals surface area contributed by atoms with E-state index in [1.54, 1.807) is 6.20 Å². The number of nitrogens with zero attached hydrogens (tertiary/aromatic N) is 1. The number of ether oxygens (including phenoxy) is 1. The van der Waals surface area contributed by atoms with Crippen molar-refractivity contribution in [1.82, 2.24) is 4.98 Å². The van der Waals surface area contributed by atoms with E-state index in [9.17, 15) is 4.79 Å². The molecule has 1 rings (SSSR count). The summed E-state index contributed by atoms with van der Waals surface area (Å²) in [6.07, 6.45) is 1.64. The Morgan fingerprint density at radius 2 is 2.31 bits per heavy atom. The maximum Gasteiger partial charge on any atom is 0.341 e. The first-order valence-corrected chi connectivity index (χ1v) is 3.87. The lowest BCUT2D eigenvalue weighted by Gasteiger charge is -2.05. The summed E-state index contributed by atoms with van der Waals surface area (Å²) in [6.45, 7) is 3.40. The fourth-order valence-corrected chi connectivity index (χ4v) is 0.984. The molecule has 4 nitrogen and oxygen atoms in total. The minimum atomic E-state index is -0.998. The van der Waals surface area contributed by atoms with Crippen LogP contribution in [-0.4, -0.2) is 22.7 Å². The first kappa shape index (κ1) is 9.51. The number of aliphatic carboxylic acids is 1. The van der Waals surface area contributed by atoms with Crippen molar-refractivity contribution in [2.45, 2.75) is 13.8 Å². The van der Waals surface area contributed by atoms with Crippen LogP contribution in [-0.2, 0) is 4.79 Å². The largest absolute Gasteiger partial charge is 0.479 e. The van der Waals surface area contributed by atoms with Crippen molar-refractivity contribution < 1.29 is 14.6 Å². The first-order valence-electron chi connectivity index (χ1n) is 3.87. The number of carbonyl (C=O) groups is 1. The molecule has 1 aromatic rings. The van der Waals surface area contributed by atoms with Gasteiger partial charge in [-0.15, -0.1) is 0 Å². The number of aromatic nitrogens is 1. The minimum absolute atomic E-state index is 0.350. The van der Waals surface area contributed by atoms with Gasteiger partial charge >= 0.3 is 5.97 Å². The molecule has 1 N–H and O–H groups in total. The molecule has 0 aromatic carbocycles. The number of aryl methyl sites for hydroxylation is 2. The maximum atomic E-state index is 10.2. The minimum Gasteiger partial charge on any atom is -0.479 e. The second kappa shape index (κ2) is 3.89. The van der Waals surface area contributed by atoms with E-state index in [0.717, 1.165) is 11.1 Å². The summed E-state index contributed by atoms with van der Waals surface area (Å²) >= 11 is 0. The van der Waals surface area contributed by atoms with Gasteiger partial charge < -0.3 is 9.84 Å². The van der Waals surface area contributed by atoms with Crippen molar-refractivity contribution in [3.63, 3.8) is 0 Å². The second-order valence-corrected chi connectivity index (χ2v) is 2.82. The summed E-state index contributed by atoms with van der Waals surface area (Å²) in [5.74, 6) is -0.616. The number of rotatable bonds is 3. The highest BCUT2D eigenvalue weighted by Crippen LogP contribution is 2.14. The maximum absolute atomic E-state index is 10.2. The van der Waals surface area contributed by atoms with Gasteiger partial charge in [0.1, 0.15) is 0 Å². The van der Waals surface area contributed by atoms with Gasteiger partial charge in [0.15, 0.2) is 6.61 Å². The van der Waals surface area contributed by atoms with Crippen molar-refractivity contribution >= 4 is 5.97 Å². The van der Waals surface area contributed by atoms with Crippen LogP contribution in [0.4, 0.5) is 0 Å². The number of pyridine rings is 1. The normalized spacial score (nSPS) is 9.69. The zero-order chi connectivity index (χ0) is 9.84. The second-order valence-electron chi connectivity index (χ2n) is 2.82. The summed E-state index contributed by atoms with van der Waals surface area (Å²) in [5.41, 5.74) is 1.88. The quantitative estimate of drug-likeness (QED) is 0.760. The van der Waals surface area contributed by atoms with Crippen molar-refractivity contribution in [1.29, 1.82) is 0 Å². The third kappa shape index (κ3) is 2.74. The average molecular weight is 181 g/mol. The van der Waals surface area contributed by atoms with Crippen LogP contribution in [0.15, 0.2) is 12.3 Å². The molecule has 4 heteroatoms. The van der Waals surface area contributed by atoms with E-state index in [1.807, 2.05) is 19.9 Å². The topological polar surface area (TPSA) is 59.4 Å². The Morgan fingerprint density at radius 1 is 1.62 bits per heavy atom. The molecule has 0 saturated carbocycles. The molecule has 0 amide bonds. The van der Waals surface area contributed by atoms with Gasteiger partial charge in [-0.05, 0) is 25.5 Å². The van der Waals surface area contributed by atoms with E-state index in [2.05, 4.69) is 4.98 Å². The Labute approximate surface area is 76.2 Å².